The van der Waals surface area contributed by atoms with E-state index in [2.05, 4.69) is 24.1 Å². The second-order valence-electron chi connectivity index (χ2n) is 5.85. The number of nitrogens with zero attached hydrogens (tertiary/aromatic N) is 1. The normalized spacial score (nSPS) is 37.6. The molecule has 2 rings (SSSR count). The largest absolute Gasteiger partial charge is 0.311 e. The number of hydrogen-bond acceptors (Lipinski definition) is 4. The van der Waals surface area contributed by atoms with Crippen molar-refractivity contribution in [3.8, 4) is 0 Å². The highest BCUT2D eigenvalue weighted by Crippen LogP contribution is 2.22. The fourth-order valence-corrected chi connectivity index (χ4v) is 4.98. The zero-order valence-electron chi connectivity index (χ0n) is 11.6. The summed E-state index contributed by atoms with van der Waals surface area (Å²) in [6.07, 6.45) is 4.25. The summed E-state index contributed by atoms with van der Waals surface area (Å²) in [6.45, 7) is 6.40. The molecule has 5 heteroatoms. The first-order chi connectivity index (χ1) is 8.52. The van der Waals surface area contributed by atoms with Crippen LogP contribution in [0.3, 0.4) is 0 Å². The van der Waals surface area contributed by atoms with Crippen molar-refractivity contribution in [1.29, 1.82) is 0 Å². The molecule has 0 aromatic carbocycles. The highest BCUT2D eigenvalue weighted by Gasteiger charge is 2.34. The predicted octanol–water partition coefficient (Wildman–Crippen LogP) is 1.03. The van der Waals surface area contributed by atoms with Crippen molar-refractivity contribution < 1.29 is 8.42 Å². The molecule has 0 bridgehead atoms. The molecule has 0 aromatic heterocycles. The molecule has 3 atom stereocenters. The van der Waals surface area contributed by atoms with E-state index in [1.165, 1.54) is 12.8 Å². The standard InChI is InChI=1S/C13H26N2O2S/c1-3-5-12-9-15(11(2)8-14-12)13-6-4-7-18(16,17)10-13/h11-14H,3-10H2,1-2H3. The van der Waals surface area contributed by atoms with Gasteiger partial charge < -0.3 is 5.32 Å². The third-order valence-electron chi connectivity index (χ3n) is 4.24. The average molecular weight is 274 g/mol. The molecule has 0 amide bonds. The Hall–Kier alpha value is -0.130. The van der Waals surface area contributed by atoms with Crippen LogP contribution in [0.1, 0.15) is 39.5 Å². The van der Waals surface area contributed by atoms with Gasteiger partial charge in [0, 0.05) is 31.2 Å². The zero-order valence-corrected chi connectivity index (χ0v) is 12.4. The Morgan fingerprint density at radius 1 is 1.39 bits per heavy atom. The Morgan fingerprint density at radius 3 is 2.83 bits per heavy atom. The van der Waals surface area contributed by atoms with E-state index in [1.54, 1.807) is 0 Å². The second kappa shape index (κ2) is 5.88. The Balaban J connectivity index is 2.01. The minimum absolute atomic E-state index is 0.250. The molecule has 18 heavy (non-hydrogen) atoms. The van der Waals surface area contributed by atoms with E-state index in [9.17, 15) is 8.42 Å². The lowest BCUT2D eigenvalue weighted by Crippen LogP contribution is -2.60. The quantitative estimate of drug-likeness (QED) is 0.835. The van der Waals surface area contributed by atoms with Gasteiger partial charge in [-0.25, -0.2) is 8.42 Å². The Bertz CT molecular complexity index is 369. The number of nitrogens with one attached hydrogen (secondary N) is 1. The SMILES string of the molecule is CCCC1CN(C2CCCS(=O)(=O)C2)C(C)CN1. The van der Waals surface area contributed by atoms with Gasteiger partial charge in [-0.3, -0.25) is 4.90 Å². The molecule has 2 aliphatic heterocycles. The van der Waals surface area contributed by atoms with E-state index < -0.39 is 9.84 Å². The summed E-state index contributed by atoms with van der Waals surface area (Å²) >= 11 is 0. The van der Waals surface area contributed by atoms with Crippen molar-refractivity contribution in [1.82, 2.24) is 10.2 Å². The molecule has 3 unspecified atom stereocenters. The minimum atomic E-state index is -2.80. The van der Waals surface area contributed by atoms with Gasteiger partial charge in [-0.15, -0.1) is 0 Å². The summed E-state index contributed by atoms with van der Waals surface area (Å²) < 4.78 is 23.6. The van der Waals surface area contributed by atoms with Crippen LogP contribution in [-0.2, 0) is 9.84 Å². The van der Waals surface area contributed by atoms with Gasteiger partial charge in [-0.05, 0) is 26.2 Å². The number of rotatable bonds is 3. The molecular formula is C13H26N2O2S. The van der Waals surface area contributed by atoms with Gasteiger partial charge in [-0.2, -0.15) is 0 Å². The lowest BCUT2D eigenvalue weighted by atomic mass is 10.0. The maximum Gasteiger partial charge on any atom is 0.151 e. The molecule has 0 spiro atoms. The van der Waals surface area contributed by atoms with Crippen LogP contribution in [0.5, 0.6) is 0 Å². The van der Waals surface area contributed by atoms with Crippen LogP contribution in [0.2, 0.25) is 0 Å². The molecule has 0 aromatic rings. The van der Waals surface area contributed by atoms with E-state index in [4.69, 9.17) is 0 Å². The van der Waals surface area contributed by atoms with Crippen molar-refractivity contribution in [3.63, 3.8) is 0 Å². The third kappa shape index (κ3) is 3.45. The van der Waals surface area contributed by atoms with Crippen LogP contribution >= 0.6 is 0 Å². The first-order valence-electron chi connectivity index (χ1n) is 7.21. The molecule has 106 valence electrons. The lowest BCUT2D eigenvalue weighted by molar-refractivity contribution is 0.0909. The number of piperazine rings is 1. The number of sulfone groups is 1. The van der Waals surface area contributed by atoms with E-state index in [-0.39, 0.29) is 6.04 Å². The fraction of sp³-hybridized carbons (Fsp3) is 1.00. The first-order valence-corrected chi connectivity index (χ1v) is 9.03. The van der Waals surface area contributed by atoms with Gasteiger partial charge >= 0.3 is 0 Å². The van der Waals surface area contributed by atoms with Gasteiger partial charge in [0.1, 0.15) is 0 Å². The van der Waals surface area contributed by atoms with Gasteiger partial charge in [0.05, 0.1) is 11.5 Å². The van der Waals surface area contributed by atoms with Gasteiger partial charge in [0.2, 0.25) is 0 Å². The smallest absolute Gasteiger partial charge is 0.151 e. The van der Waals surface area contributed by atoms with E-state index in [1.807, 2.05) is 0 Å². The van der Waals surface area contributed by atoms with Crippen LogP contribution in [-0.4, -0.2) is 56.0 Å². The summed E-state index contributed by atoms with van der Waals surface area (Å²) in [4.78, 5) is 2.44. The Kier molecular flexibility index (Phi) is 4.67. The van der Waals surface area contributed by atoms with Gasteiger partial charge in [0.15, 0.2) is 9.84 Å². The van der Waals surface area contributed by atoms with Crippen LogP contribution in [0.15, 0.2) is 0 Å². The first kappa shape index (κ1) is 14.3. The molecule has 2 heterocycles. The van der Waals surface area contributed by atoms with Crippen LogP contribution in [0.25, 0.3) is 0 Å². The molecule has 2 fully saturated rings. The molecule has 0 saturated carbocycles. The molecule has 0 radical (unpaired) electrons. The minimum Gasteiger partial charge on any atom is -0.311 e. The molecule has 0 aliphatic carbocycles. The van der Waals surface area contributed by atoms with Crippen LogP contribution < -0.4 is 5.32 Å². The van der Waals surface area contributed by atoms with E-state index in [0.29, 0.717) is 23.6 Å². The predicted molar refractivity (Wildman–Crippen MR) is 74.5 cm³/mol. The van der Waals surface area contributed by atoms with Crippen molar-refractivity contribution in [2.75, 3.05) is 24.6 Å². The van der Waals surface area contributed by atoms with Crippen LogP contribution in [0.4, 0.5) is 0 Å². The molecule has 2 saturated heterocycles. The Labute approximate surface area is 111 Å². The van der Waals surface area contributed by atoms with E-state index in [0.717, 1.165) is 25.9 Å². The van der Waals surface area contributed by atoms with Crippen molar-refractivity contribution in [2.24, 2.45) is 0 Å². The van der Waals surface area contributed by atoms with Gasteiger partial charge in [0.25, 0.3) is 0 Å². The van der Waals surface area contributed by atoms with E-state index >= 15 is 0 Å². The molecule has 1 N–H and O–H groups in total. The highest BCUT2D eigenvalue weighted by atomic mass is 32.2. The van der Waals surface area contributed by atoms with Gasteiger partial charge in [-0.1, -0.05) is 13.3 Å². The summed E-state index contributed by atoms with van der Waals surface area (Å²) in [5.74, 6) is 0.762. The van der Waals surface area contributed by atoms with Crippen LogP contribution in [0, 0.1) is 0 Å². The summed E-state index contributed by atoms with van der Waals surface area (Å²) in [5.41, 5.74) is 0. The van der Waals surface area contributed by atoms with Crippen molar-refractivity contribution in [2.45, 2.75) is 57.7 Å². The fourth-order valence-electron chi connectivity index (χ4n) is 3.26. The third-order valence-corrected chi connectivity index (χ3v) is 6.05. The number of hydrogen-bond donors (Lipinski definition) is 1. The van der Waals surface area contributed by atoms with Crippen molar-refractivity contribution >= 4 is 9.84 Å². The zero-order chi connectivity index (χ0) is 13.2. The lowest BCUT2D eigenvalue weighted by Gasteiger charge is -2.44. The molecule has 4 nitrogen and oxygen atoms in total. The summed E-state index contributed by atoms with van der Waals surface area (Å²) in [7, 11) is -2.80. The molecule has 2 aliphatic rings. The molecular weight excluding hydrogens is 248 g/mol. The average Bonchev–Trinajstić information content (AvgIpc) is 2.30. The van der Waals surface area contributed by atoms with Crippen molar-refractivity contribution in [3.05, 3.63) is 0 Å². The summed E-state index contributed by atoms with van der Waals surface area (Å²) in [5, 5.41) is 3.57. The second-order valence-corrected chi connectivity index (χ2v) is 8.08. The summed E-state index contributed by atoms with van der Waals surface area (Å²) in [6, 6.07) is 1.24. The topological polar surface area (TPSA) is 49.4 Å². The highest BCUT2D eigenvalue weighted by molar-refractivity contribution is 7.91. The maximum atomic E-state index is 11.8. The monoisotopic (exact) mass is 274 g/mol. The maximum absolute atomic E-state index is 11.8. The Morgan fingerprint density at radius 2 is 2.17 bits per heavy atom.